The lowest BCUT2D eigenvalue weighted by Gasteiger charge is -2.08. The summed E-state index contributed by atoms with van der Waals surface area (Å²) in [5.41, 5.74) is 0. The van der Waals surface area contributed by atoms with E-state index in [1.165, 1.54) is 0 Å². The quantitative estimate of drug-likeness (QED) is 0.517. The molecule has 0 radical (unpaired) electrons. The Morgan fingerprint density at radius 1 is 1.43 bits per heavy atom. The lowest BCUT2D eigenvalue weighted by Crippen LogP contribution is -2.16. The first kappa shape index (κ1) is 6.92. The monoisotopic (exact) mass is 104 g/mol. The molecular formula is C5H12O2. The molecule has 0 heterocycles. The number of rotatable bonds is 2. The number of aliphatic hydroxyl groups is 2. The number of aliphatic hydroxyl groups excluding tert-OH is 2. The van der Waals surface area contributed by atoms with Gasteiger partial charge in [0.2, 0.25) is 0 Å². The van der Waals surface area contributed by atoms with Gasteiger partial charge in [-0.1, -0.05) is 6.92 Å². The molecule has 0 unspecified atom stereocenters. The minimum atomic E-state index is -0.384. The summed E-state index contributed by atoms with van der Waals surface area (Å²) in [5, 5.41) is 17.0. The number of hydrogen-bond acceptors (Lipinski definition) is 2. The van der Waals surface area contributed by atoms with Gasteiger partial charge in [-0.25, -0.2) is 0 Å². The summed E-state index contributed by atoms with van der Waals surface area (Å²) < 4.78 is 0. The number of hydrogen-bond donors (Lipinski definition) is 2. The summed E-state index contributed by atoms with van der Waals surface area (Å²) in [5.74, 6) is 0.0139. The van der Waals surface area contributed by atoms with E-state index >= 15 is 0 Å². The smallest absolute Gasteiger partial charge is 0.0559 e. The van der Waals surface area contributed by atoms with Gasteiger partial charge in [0.25, 0.3) is 0 Å². The summed E-state index contributed by atoms with van der Waals surface area (Å²) in [6.07, 6.45) is -0.384. The van der Waals surface area contributed by atoms with Crippen molar-refractivity contribution in [3.8, 4) is 0 Å². The van der Waals surface area contributed by atoms with E-state index in [0.717, 1.165) is 0 Å². The van der Waals surface area contributed by atoms with E-state index in [1.807, 2.05) is 0 Å². The molecule has 2 atom stereocenters. The predicted molar refractivity (Wildman–Crippen MR) is 27.9 cm³/mol. The summed E-state index contributed by atoms with van der Waals surface area (Å²) in [4.78, 5) is 0. The minimum Gasteiger partial charge on any atom is -0.396 e. The Morgan fingerprint density at radius 3 is 1.86 bits per heavy atom. The van der Waals surface area contributed by atoms with E-state index in [0.29, 0.717) is 0 Å². The molecule has 7 heavy (non-hydrogen) atoms. The highest BCUT2D eigenvalue weighted by Crippen LogP contribution is 1.97. The van der Waals surface area contributed by atoms with Crippen LogP contribution in [0.3, 0.4) is 0 Å². The van der Waals surface area contributed by atoms with E-state index < -0.39 is 0 Å². The van der Waals surface area contributed by atoms with Gasteiger partial charge in [-0.15, -0.1) is 0 Å². The minimum absolute atomic E-state index is 0.0139. The molecule has 0 aromatic carbocycles. The van der Waals surface area contributed by atoms with E-state index in [4.69, 9.17) is 10.2 Å². The third kappa shape index (κ3) is 2.60. The Labute approximate surface area is 43.8 Å². The Morgan fingerprint density at radius 2 is 1.86 bits per heavy atom. The molecule has 0 amide bonds. The van der Waals surface area contributed by atoms with Crippen molar-refractivity contribution in [2.24, 2.45) is 5.92 Å². The van der Waals surface area contributed by atoms with Gasteiger partial charge in [0.05, 0.1) is 6.10 Å². The Kier molecular flexibility index (Phi) is 2.96. The summed E-state index contributed by atoms with van der Waals surface area (Å²) in [6, 6.07) is 0. The van der Waals surface area contributed by atoms with Crippen LogP contribution in [0.2, 0.25) is 0 Å². The molecular weight excluding hydrogens is 92.1 g/mol. The van der Waals surface area contributed by atoms with Crippen LogP contribution >= 0.6 is 0 Å². The first-order valence-electron chi connectivity index (χ1n) is 2.47. The van der Waals surface area contributed by atoms with Crippen molar-refractivity contribution in [1.82, 2.24) is 0 Å². The molecule has 0 fully saturated rings. The summed E-state index contributed by atoms with van der Waals surface area (Å²) >= 11 is 0. The fraction of sp³-hybridized carbons (Fsp3) is 1.00. The molecule has 0 bridgehead atoms. The second-order valence-corrected chi connectivity index (χ2v) is 1.90. The van der Waals surface area contributed by atoms with Crippen molar-refractivity contribution < 1.29 is 10.2 Å². The van der Waals surface area contributed by atoms with Crippen LogP contribution in [0.5, 0.6) is 0 Å². The normalized spacial score (nSPS) is 18.9. The lowest BCUT2D eigenvalue weighted by molar-refractivity contribution is 0.0913. The van der Waals surface area contributed by atoms with E-state index in [2.05, 4.69) is 0 Å². The largest absolute Gasteiger partial charge is 0.396 e. The van der Waals surface area contributed by atoms with Crippen molar-refractivity contribution >= 4 is 0 Å². The van der Waals surface area contributed by atoms with E-state index in [9.17, 15) is 0 Å². The van der Waals surface area contributed by atoms with Crippen LogP contribution in [0.1, 0.15) is 13.8 Å². The van der Waals surface area contributed by atoms with Crippen molar-refractivity contribution in [2.75, 3.05) is 6.61 Å². The average molecular weight is 104 g/mol. The molecule has 0 rings (SSSR count). The molecule has 0 aliphatic carbocycles. The Balaban J connectivity index is 3.14. The molecule has 0 aliphatic rings. The second kappa shape index (κ2) is 2.99. The predicted octanol–water partition coefficient (Wildman–Crippen LogP) is -0.00440. The van der Waals surface area contributed by atoms with Crippen LogP contribution in [0.4, 0.5) is 0 Å². The standard InChI is InChI=1S/C5H12O2/c1-4(3-6)5(2)7/h4-7H,3H2,1-2H3/t4-,5-/m1/s1. The summed E-state index contributed by atoms with van der Waals surface area (Å²) in [7, 11) is 0. The van der Waals surface area contributed by atoms with Gasteiger partial charge in [-0.3, -0.25) is 0 Å². The van der Waals surface area contributed by atoms with Crippen LogP contribution in [-0.2, 0) is 0 Å². The van der Waals surface area contributed by atoms with Crippen molar-refractivity contribution in [1.29, 1.82) is 0 Å². The van der Waals surface area contributed by atoms with Gasteiger partial charge in [-0.2, -0.15) is 0 Å². The maximum Gasteiger partial charge on any atom is 0.0559 e. The highest BCUT2D eigenvalue weighted by atomic mass is 16.3. The van der Waals surface area contributed by atoms with Crippen molar-refractivity contribution in [3.05, 3.63) is 0 Å². The molecule has 0 aromatic rings. The third-order valence-corrected chi connectivity index (χ3v) is 1.11. The zero-order valence-electron chi connectivity index (χ0n) is 4.76. The molecule has 0 aromatic heterocycles. The fourth-order valence-corrected chi connectivity index (χ4v) is 0.153. The van der Waals surface area contributed by atoms with E-state index in [-0.39, 0.29) is 18.6 Å². The third-order valence-electron chi connectivity index (χ3n) is 1.11. The molecule has 0 saturated carbocycles. The second-order valence-electron chi connectivity index (χ2n) is 1.90. The van der Waals surface area contributed by atoms with Crippen LogP contribution in [-0.4, -0.2) is 22.9 Å². The topological polar surface area (TPSA) is 40.5 Å². The first-order chi connectivity index (χ1) is 3.18. The Hall–Kier alpha value is -0.0800. The Bertz CT molecular complexity index is 43.3. The molecule has 2 heteroatoms. The fourth-order valence-electron chi connectivity index (χ4n) is 0.153. The van der Waals surface area contributed by atoms with Crippen LogP contribution < -0.4 is 0 Å². The van der Waals surface area contributed by atoms with E-state index in [1.54, 1.807) is 13.8 Å². The van der Waals surface area contributed by atoms with Gasteiger partial charge >= 0.3 is 0 Å². The van der Waals surface area contributed by atoms with Crippen molar-refractivity contribution in [2.45, 2.75) is 20.0 Å². The molecule has 0 aliphatic heterocycles. The maximum atomic E-state index is 8.66. The van der Waals surface area contributed by atoms with Gasteiger partial charge in [0.15, 0.2) is 0 Å². The maximum absolute atomic E-state index is 8.66. The van der Waals surface area contributed by atoms with Gasteiger partial charge in [0.1, 0.15) is 0 Å². The zero-order chi connectivity index (χ0) is 5.86. The van der Waals surface area contributed by atoms with Crippen molar-refractivity contribution in [3.63, 3.8) is 0 Å². The van der Waals surface area contributed by atoms with Crippen LogP contribution in [0.15, 0.2) is 0 Å². The molecule has 0 spiro atoms. The highest BCUT2D eigenvalue weighted by Gasteiger charge is 2.04. The summed E-state index contributed by atoms with van der Waals surface area (Å²) in [6.45, 7) is 3.53. The molecule has 2 N–H and O–H groups in total. The lowest BCUT2D eigenvalue weighted by atomic mass is 10.1. The van der Waals surface area contributed by atoms with Gasteiger partial charge in [0, 0.05) is 12.5 Å². The molecule has 0 saturated heterocycles. The van der Waals surface area contributed by atoms with Gasteiger partial charge < -0.3 is 10.2 Å². The first-order valence-corrected chi connectivity index (χ1v) is 2.47. The SMILES string of the molecule is C[C@H](CO)[C@@H](C)O. The molecule has 44 valence electrons. The molecule has 2 nitrogen and oxygen atoms in total. The zero-order valence-corrected chi connectivity index (χ0v) is 4.76. The van der Waals surface area contributed by atoms with Crippen LogP contribution in [0, 0.1) is 5.92 Å². The van der Waals surface area contributed by atoms with Gasteiger partial charge in [-0.05, 0) is 6.92 Å². The highest BCUT2D eigenvalue weighted by molar-refractivity contribution is 4.54. The average Bonchev–Trinajstić information content (AvgIpc) is 1.65. The van der Waals surface area contributed by atoms with Crippen LogP contribution in [0.25, 0.3) is 0 Å².